The second kappa shape index (κ2) is 5.62. The molecule has 1 aliphatic heterocycles. The molecule has 3 heterocycles. The van der Waals surface area contributed by atoms with Crippen molar-refractivity contribution in [3.05, 3.63) is 28.4 Å². The molecule has 1 amide bonds. The maximum atomic E-state index is 12.2. The largest absolute Gasteiger partial charge is 0.335 e. The molecule has 0 spiro atoms. The fraction of sp³-hybridized carbons (Fsp3) is 0.500. The molecule has 0 bridgehead atoms. The van der Waals surface area contributed by atoms with Gasteiger partial charge in [-0.2, -0.15) is 0 Å². The number of carbonyl (C=O) groups excluding carboxylic acids is 1. The molecule has 0 aromatic carbocycles. The molecular formula is C12H17N7O2. The number of nitrogens with zero attached hydrogens (tertiary/aromatic N) is 5. The Morgan fingerprint density at radius 2 is 2.19 bits per heavy atom. The number of carbonyl (C=O) groups is 1. The first-order valence-corrected chi connectivity index (χ1v) is 6.83. The molecule has 9 heteroatoms. The average molecular weight is 291 g/mol. The second-order valence-electron chi connectivity index (χ2n) is 5.00. The lowest BCUT2D eigenvalue weighted by molar-refractivity contribution is 0.0167. The molecule has 9 nitrogen and oxygen atoms in total. The fourth-order valence-corrected chi connectivity index (χ4v) is 2.37. The van der Waals surface area contributed by atoms with E-state index in [1.807, 2.05) is 12.1 Å². The Labute approximate surface area is 120 Å². The molecule has 0 aliphatic carbocycles. The highest BCUT2D eigenvalue weighted by Crippen LogP contribution is 2.08. The summed E-state index contributed by atoms with van der Waals surface area (Å²) in [7, 11) is 1.94. The average Bonchev–Trinajstić information content (AvgIpc) is 3.13. The number of nitrogens with one attached hydrogen (secondary N) is 2. The van der Waals surface area contributed by atoms with Crippen LogP contribution in [0.4, 0.5) is 0 Å². The zero-order valence-electron chi connectivity index (χ0n) is 11.7. The standard InChI is InChI=1S/C12H17N7O2/c1-17(18-5-2-3-6-18)8-13-11(21)10-15-16-12-14-9(20)4-7-19(10)12/h4,7H,2-3,5-6,8H2,1H3,(H,13,21)(H,14,16,20). The van der Waals surface area contributed by atoms with Crippen molar-refractivity contribution < 1.29 is 4.79 Å². The Bertz CT molecular complexity index is 701. The van der Waals surface area contributed by atoms with E-state index < -0.39 is 0 Å². The lowest BCUT2D eigenvalue weighted by atomic mass is 10.4. The minimum Gasteiger partial charge on any atom is -0.335 e. The number of fused-ring (bicyclic) bond motifs is 1. The summed E-state index contributed by atoms with van der Waals surface area (Å²) in [5.41, 5.74) is -0.282. The van der Waals surface area contributed by atoms with Crippen LogP contribution in [0.5, 0.6) is 0 Å². The first kappa shape index (κ1) is 13.7. The van der Waals surface area contributed by atoms with E-state index in [2.05, 4.69) is 25.5 Å². The summed E-state index contributed by atoms with van der Waals surface area (Å²) >= 11 is 0. The third kappa shape index (κ3) is 2.78. The smallest absolute Gasteiger partial charge is 0.290 e. The van der Waals surface area contributed by atoms with Crippen molar-refractivity contribution >= 4 is 11.7 Å². The molecule has 1 aliphatic rings. The normalized spacial score (nSPS) is 15.9. The molecule has 1 saturated heterocycles. The van der Waals surface area contributed by atoms with Crippen LogP contribution in [0.3, 0.4) is 0 Å². The van der Waals surface area contributed by atoms with Gasteiger partial charge in [-0.3, -0.25) is 19.0 Å². The van der Waals surface area contributed by atoms with Crippen molar-refractivity contribution in [2.24, 2.45) is 0 Å². The summed E-state index contributed by atoms with van der Waals surface area (Å²) in [6.45, 7) is 2.43. The van der Waals surface area contributed by atoms with Gasteiger partial charge in [-0.25, -0.2) is 10.0 Å². The van der Waals surface area contributed by atoms with Gasteiger partial charge in [0.25, 0.3) is 11.5 Å². The van der Waals surface area contributed by atoms with Gasteiger partial charge in [0.2, 0.25) is 11.6 Å². The molecule has 3 rings (SSSR count). The Hall–Kier alpha value is -2.26. The Balaban J connectivity index is 1.68. The van der Waals surface area contributed by atoms with Gasteiger partial charge in [-0.05, 0) is 12.8 Å². The van der Waals surface area contributed by atoms with Gasteiger partial charge in [0.05, 0.1) is 6.67 Å². The molecular weight excluding hydrogens is 274 g/mol. The predicted octanol–water partition coefficient (Wildman–Crippen LogP) is -0.952. The van der Waals surface area contributed by atoms with Gasteiger partial charge >= 0.3 is 0 Å². The van der Waals surface area contributed by atoms with Crippen molar-refractivity contribution in [1.82, 2.24) is 34.9 Å². The molecule has 0 radical (unpaired) electrons. The van der Waals surface area contributed by atoms with Gasteiger partial charge in [0, 0.05) is 32.4 Å². The molecule has 1 fully saturated rings. The molecule has 2 N–H and O–H groups in total. The highest BCUT2D eigenvalue weighted by molar-refractivity contribution is 5.91. The van der Waals surface area contributed by atoms with Crippen LogP contribution in [0, 0.1) is 0 Å². The minimum absolute atomic E-state index is 0.149. The summed E-state index contributed by atoms with van der Waals surface area (Å²) in [5, 5.41) is 14.6. The van der Waals surface area contributed by atoms with E-state index in [0.717, 1.165) is 13.1 Å². The van der Waals surface area contributed by atoms with E-state index in [1.54, 1.807) is 0 Å². The maximum Gasteiger partial charge on any atom is 0.290 e. The number of hydrogen-bond acceptors (Lipinski definition) is 6. The van der Waals surface area contributed by atoms with E-state index >= 15 is 0 Å². The summed E-state index contributed by atoms with van der Waals surface area (Å²) in [6.07, 6.45) is 3.84. The van der Waals surface area contributed by atoms with Crippen LogP contribution in [-0.4, -0.2) is 62.3 Å². The quantitative estimate of drug-likeness (QED) is 0.705. The van der Waals surface area contributed by atoms with Crippen molar-refractivity contribution in [2.45, 2.75) is 12.8 Å². The van der Waals surface area contributed by atoms with E-state index in [9.17, 15) is 9.59 Å². The number of H-pyrrole nitrogens is 1. The zero-order valence-corrected chi connectivity index (χ0v) is 11.7. The van der Waals surface area contributed by atoms with Gasteiger partial charge in [0.15, 0.2) is 0 Å². The minimum atomic E-state index is -0.333. The predicted molar refractivity (Wildman–Crippen MR) is 74.5 cm³/mol. The van der Waals surface area contributed by atoms with Crippen LogP contribution in [0.25, 0.3) is 5.78 Å². The number of aromatic amines is 1. The Morgan fingerprint density at radius 3 is 2.95 bits per heavy atom. The molecule has 0 atom stereocenters. The maximum absolute atomic E-state index is 12.2. The molecule has 2 aromatic heterocycles. The van der Waals surface area contributed by atoms with E-state index in [0.29, 0.717) is 6.67 Å². The topological polar surface area (TPSA) is 98.6 Å². The number of rotatable bonds is 4. The van der Waals surface area contributed by atoms with Crippen molar-refractivity contribution in [3.8, 4) is 0 Å². The summed E-state index contributed by atoms with van der Waals surface area (Å²) in [6, 6.07) is 1.32. The SMILES string of the molecule is CN(CNC(=O)c1nnc2[nH]c(=O)ccn12)N1CCCC1. The lowest BCUT2D eigenvalue weighted by Gasteiger charge is -2.27. The molecule has 112 valence electrons. The first-order chi connectivity index (χ1) is 10.1. The highest BCUT2D eigenvalue weighted by atomic mass is 16.2. The van der Waals surface area contributed by atoms with Gasteiger partial charge in [0.1, 0.15) is 0 Å². The van der Waals surface area contributed by atoms with Crippen LogP contribution in [0.15, 0.2) is 17.1 Å². The fourth-order valence-electron chi connectivity index (χ4n) is 2.37. The first-order valence-electron chi connectivity index (χ1n) is 6.83. The zero-order chi connectivity index (χ0) is 14.8. The third-order valence-electron chi connectivity index (χ3n) is 3.54. The summed E-state index contributed by atoms with van der Waals surface area (Å²) in [4.78, 5) is 25.8. The Morgan fingerprint density at radius 1 is 1.43 bits per heavy atom. The van der Waals surface area contributed by atoms with Crippen LogP contribution in [0.1, 0.15) is 23.5 Å². The monoisotopic (exact) mass is 291 g/mol. The summed E-state index contributed by atoms with van der Waals surface area (Å²) in [5.74, 6) is 0.0669. The molecule has 2 aromatic rings. The summed E-state index contributed by atoms with van der Waals surface area (Å²) < 4.78 is 1.45. The number of hydrogen-bond donors (Lipinski definition) is 2. The third-order valence-corrected chi connectivity index (χ3v) is 3.54. The van der Waals surface area contributed by atoms with Crippen molar-refractivity contribution in [3.63, 3.8) is 0 Å². The van der Waals surface area contributed by atoms with E-state index in [1.165, 1.54) is 29.5 Å². The molecule has 0 unspecified atom stereocenters. The van der Waals surface area contributed by atoms with Crippen LogP contribution in [-0.2, 0) is 0 Å². The van der Waals surface area contributed by atoms with Crippen LogP contribution in [0.2, 0.25) is 0 Å². The van der Waals surface area contributed by atoms with Crippen LogP contribution < -0.4 is 10.9 Å². The van der Waals surface area contributed by atoms with E-state index in [-0.39, 0.29) is 23.1 Å². The van der Waals surface area contributed by atoms with Crippen LogP contribution >= 0.6 is 0 Å². The number of hydrazine groups is 1. The van der Waals surface area contributed by atoms with Gasteiger partial charge in [-0.15, -0.1) is 10.2 Å². The van der Waals surface area contributed by atoms with Gasteiger partial charge < -0.3 is 5.32 Å². The Kier molecular flexibility index (Phi) is 3.67. The van der Waals surface area contributed by atoms with Gasteiger partial charge in [-0.1, -0.05) is 0 Å². The second-order valence-corrected chi connectivity index (χ2v) is 5.00. The molecule has 21 heavy (non-hydrogen) atoms. The number of aromatic nitrogens is 4. The van der Waals surface area contributed by atoms with E-state index in [4.69, 9.17) is 0 Å². The highest BCUT2D eigenvalue weighted by Gasteiger charge is 2.18. The molecule has 0 saturated carbocycles. The van der Waals surface area contributed by atoms with Crippen molar-refractivity contribution in [2.75, 3.05) is 26.8 Å². The lowest BCUT2D eigenvalue weighted by Crippen LogP contribution is -2.45. The van der Waals surface area contributed by atoms with Crippen molar-refractivity contribution in [1.29, 1.82) is 0 Å². The number of amides is 1.